The van der Waals surface area contributed by atoms with Gasteiger partial charge in [-0.1, -0.05) is 0 Å². The van der Waals surface area contributed by atoms with Crippen molar-refractivity contribution in [2.24, 2.45) is 4.99 Å². The van der Waals surface area contributed by atoms with Crippen molar-refractivity contribution in [3.8, 4) is 0 Å². The first-order chi connectivity index (χ1) is 15.2. The number of allylic oxidation sites excluding steroid dienone is 1. The standard InChI is InChI=1S/C17H27N6O7PS/c1-4-27-29-31(26,30-28-5-2)23-10-8-22(9-11-23)12-6-7-19-17(3,21-12)16-20-14(18)13(32-16)15(24)25/h6-7,21H,4-5,8-11,18H2,1-3H3,(H,24,25). The van der Waals surface area contributed by atoms with Gasteiger partial charge in [-0.3, -0.25) is 4.99 Å². The van der Waals surface area contributed by atoms with Gasteiger partial charge in [0, 0.05) is 32.4 Å². The number of nitrogens with two attached hydrogens (primary N) is 1. The van der Waals surface area contributed by atoms with Gasteiger partial charge >= 0.3 is 13.7 Å². The van der Waals surface area contributed by atoms with Crippen molar-refractivity contribution in [3.05, 3.63) is 21.8 Å². The van der Waals surface area contributed by atoms with Crippen LogP contribution in [0.5, 0.6) is 0 Å². The van der Waals surface area contributed by atoms with Crippen LogP contribution in [0.4, 0.5) is 5.82 Å². The van der Waals surface area contributed by atoms with Crippen molar-refractivity contribution < 1.29 is 33.6 Å². The van der Waals surface area contributed by atoms with Crippen LogP contribution in [0.25, 0.3) is 0 Å². The summed E-state index contributed by atoms with van der Waals surface area (Å²) in [6.07, 6.45) is 3.44. The largest absolute Gasteiger partial charge is 0.477 e. The Morgan fingerprint density at radius 2 is 1.91 bits per heavy atom. The molecular weight excluding hydrogens is 463 g/mol. The van der Waals surface area contributed by atoms with Crippen LogP contribution in [-0.2, 0) is 29.4 Å². The van der Waals surface area contributed by atoms with Crippen LogP contribution in [-0.4, -0.2) is 71.2 Å². The number of carboxylic acids is 1. The molecule has 0 aromatic carbocycles. The highest BCUT2D eigenvalue weighted by Crippen LogP contribution is 2.52. The van der Waals surface area contributed by atoms with Gasteiger partial charge in [0.2, 0.25) is 0 Å². The maximum absolute atomic E-state index is 13.0. The fraction of sp³-hybridized carbons (Fsp3) is 0.588. The van der Waals surface area contributed by atoms with Gasteiger partial charge in [-0.2, -0.15) is 0 Å². The Morgan fingerprint density at radius 3 is 2.44 bits per heavy atom. The van der Waals surface area contributed by atoms with E-state index in [-0.39, 0.29) is 23.9 Å². The van der Waals surface area contributed by atoms with Crippen molar-refractivity contribution in [1.82, 2.24) is 19.9 Å². The molecule has 0 saturated carbocycles. The van der Waals surface area contributed by atoms with Crippen molar-refractivity contribution in [2.75, 3.05) is 45.1 Å². The van der Waals surface area contributed by atoms with E-state index in [2.05, 4.69) is 15.3 Å². The molecule has 13 nitrogen and oxygen atoms in total. The zero-order valence-electron chi connectivity index (χ0n) is 18.0. The van der Waals surface area contributed by atoms with Crippen LogP contribution >= 0.6 is 19.1 Å². The maximum atomic E-state index is 13.0. The zero-order valence-corrected chi connectivity index (χ0v) is 19.7. The van der Waals surface area contributed by atoms with Gasteiger partial charge in [0.15, 0.2) is 10.5 Å². The second kappa shape index (κ2) is 10.3. The normalized spacial score (nSPS) is 22.0. The predicted octanol–water partition coefficient (Wildman–Crippen LogP) is 1.77. The third-order valence-electron chi connectivity index (χ3n) is 4.67. The summed E-state index contributed by atoms with van der Waals surface area (Å²) in [4.78, 5) is 31.7. The van der Waals surface area contributed by atoms with Crippen LogP contribution in [0.3, 0.4) is 0 Å². The predicted molar refractivity (Wildman–Crippen MR) is 117 cm³/mol. The Bertz CT molecular complexity index is 920. The Balaban J connectivity index is 1.67. The number of aliphatic imine (C=N–C) groups is 1. The SMILES string of the molecule is CCOOP(=O)(OOCC)N1CCN(C2=CC=NC(C)(c3nc(N)c(C(=O)O)s3)N2)CC1. The van der Waals surface area contributed by atoms with Crippen LogP contribution in [0.2, 0.25) is 0 Å². The number of nitrogens with one attached hydrogen (secondary N) is 1. The molecule has 1 unspecified atom stereocenters. The second-order valence-corrected chi connectivity index (χ2v) is 9.74. The van der Waals surface area contributed by atoms with Crippen molar-refractivity contribution in [2.45, 2.75) is 26.4 Å². The molecule has 178 valence electrons. The third-order valence-corrected chi connectivity index (χ3v) is 7.62. The van der Waals surface area contributed by atoms with Gasteiger partial charge < -0.3 is 21.1 Å². The summed E-state index contributed by atoms with van der Waals surface area (Å²) in [5.41, 5.74) is 4.78. The van der Waals surface area contributed by atoms with Crippen LogP contribution < -0.4 is 11.1 Å². The minimum absolute atomic E-state index is 0.0257. The lowest BCUT2D eigenvalue weighted by molar-refractivity contribution is -0.271. The number of anilines is 1. The number of nitrogen functional groups attached to an aromatic ring is 1. The fourth-order valence-electron chi connectivity index (χ4n) is 3.09. The quantitative estimate of drug-likeness (QED) is 0.248. The lowest BCUT2D eigenvalue weighted by atomic mass is 10.2. The molecule has 3 heterocycles. The molecule has 2 aliphatic heterocycles. The van der Waals surface area contributed by atoms with Crippen molar-refractivity contribution in [1.29, 1.82) is 0 Å². The lowest BCUT2D eigenvalue weighted by Gasteiger charge is -2.41. The molecule has 1 fully saturated rings. The van der Waals surface area contributed by atoms with Gasteiger partial charge in [0.25, 0.3) is 0 Å². The summed E-state index contributed by atoms with van der Waals surface area (Å²) >= 11 is 0.977. The topological polar surface area (TPSA) is 161 Å². The van der Waals surface area contributed by atoms with Crippen LogP contribution in [0, 0.1) is 0 Å². The molecule has 1 aromatic heterocycles. The summed E-state index contributed by atoms with van der Waals surface area (Å²) in [7, 11) is -3.76. The molecule has 2 aliphatic rings. The average Bonchev–Trinajstić information content (AvgIpc) is 3.19. The van der Waals surface area contributed by atoms with E-state index in [1.807, 2.05) is 4.90 Å². The number of piperazine rings is 1. The number of carbonyl (C=O) groups is 1. The Hall–Kier alpha value is -2.06. The first-order valence-electron chi connectivity index (χ1n) is 9.99. The number of hydrogen-bond acceptors (Lipinski definition) is 12. The van der Waals surface area contributed by atoms with E-state index in [1.165, 1.54) is 0 Å². The van der Waals surface area contributed by atoms with Gasteiger partial charge in [-0.05, 0) is 26.8 Å². The van der Waals surface area contributed by atoms with E-state index in [1.54, 1.807) is 37.7 Å². The summed E-state index contributed by atoms with van der Waals surface area (Å²) in [5, 5.41) is 13.0. The Morgan fingerprint density at radius 1 is 1.28 bits per heavy atom. The minimum atomic E-state index is -3.76. The summed E-state index contributed by atoms with van der Waals surface area (Å²) < 4.78 is 24.6. The highest BCUT2D eigenvalue weighted by Gasteiger charge is 2.40. The van der Waals surface area contributed by atoms with Gasteiger partial charge in [-0.25, -0.2) is 28.8 Å². The summed E-state index contributed by atoms with van der Waals surface area (Å²) in [6, 6.07) is 0. The first kappa shape index (κ1) is 24.6. The van der Waals surface area contributed by atoms with Crippen molar-refractivity contribution >= 4 is 37.1 Å². The number of nitrogens with zero attached hydrogens (tertiary/aromatic N) is 4. The molecule has 0 spiro atoms. The minimum Gasteiger partial charge on any atom is -0.477 e. The van der Waals surface area contributed by atoms with E-state index < -0.39 is 19.4 Å². The molecule has 0 aliphatic carbocycles. The Labute approximate surface area is 189 Å². The van der Waals surface area contributed by atoms with Gasteiger partial charge in [-0.15, -0.1) is 20.7 Å². The zero-order chi connectivity index (χ0) is 23.4. The molecule has 0 bridgehead atoms. The molecule has 15 heteroatoms. The highest BCUT2D eigenvalue weighted by atomic mass is 32.1. The lowest BCUT2D eigenvalue weighted by Crippen LogP contribution is -2.51. The number of aromatic nitrogens is 1. The molecule has 4 N–H and O–H groups in total. The van der Waals surface area contributed by atoms with Gasteiger partial charge in [0.05, 0.1) is 13.2 Å². The van der Waals surface area contributed by atoms with Gasteiger partial charge in [0.1, 0.15) is 16.6 Å². The number of thiazole rings is 1. The first-order valence-corrected chi connectivity index (χ1v) is 12.3. The van der Waals surface area contributed by atoms with E-state index in [0.717, 1.165) is 17.2 Å². The van der Waals surface area contributed by atoms with E-state index in [4.69, 9.17) is 24.9 Å². The van der Waals surface area contributed by atoms with E-state index in [9.17, 15) is 14.5 Å². The molecule has 1 saturated heterocycles. The fourth-order valence-corrected chi connectivity index (χ4v) is 5.33. The molecule has 1 atom stereocenters. The van der Waals surface area contributed by atoms with Crippen LogP contribution in [0.1, 0.15) is 35.5 Å². The molecule has 32 heavy (non-hydrogen) atoms. The number of aromatic carboxylic acids is 1. The van der Waals surface area contributed by atoms with E-state index in [0.29, 0.717) is 31.2 Å². The molecule has 0 radical (unpaired) electrons. The summed E-state index contributed by atoms with van der Waals surface area (Å²) in [5.74, 6) is -0.409. The molecule has 1 aromatic rings. The number of carboxylic acid groups (broad SMARTS) is 1. The smallest absolute Gasteiger partial charge is 0.462 e. The average molecular weight is 490 g/mol. The Kier molecular flexibility index (Phi) is 7.88. The van der Waals surface area contributed by atoms with Crippen LogP contribution in [0.15, 0.2) is 16.9 Å². The number of hydrogen-bond donors (Lipinski definition) is 3. The highest BCUT2D eigenvalue weighted by molar-refractivity contribution is 7.51. The number of rotatable bonds is 10. The molecule has 3 rings (SSSR count). The monoisotopic (exact) mass is 490 g/mol. The third kappa shape index (κ3) is 5.29. The second-order valence-electron chi connectivity index (χ2n) is 6.94. The van der Waals surface area contributed by atoms with E-state index >= 15 is 0 Å². The van der Waals surface area contributed by atoms with Crippen molar-refractivity contribution in [3.63, 3.8) is 0 Å². The maximum Gasteiger partial charge on any atom is 0.462 e. The summed E-state index contributed by atoms with van der Waals surface area (Å²) in [6.45, 7) is 7.33. The molecular formula is C17H27N6O7PS. The molecule has 0 amide bonds.